The molecule has 0 radical (unpaired) electrons. The van der Waals surface area contributed by atoms with Crippen LogP contribution in [-0.4, -0.2) is 47.7 Å². The van der Waals surface area contributed by atoms with Crippen LogP contribution in [0.3, 0.4) is 0 Å². The maximum absolute atomic E-state index is 12.0. The van der Waals surface area contributed by atoms with E-state index in [0.29, 0.717) is 18.8 Å². The number of halogens is 2. The Bertz CT molecular complexity index is 424. The van der Waals surface area contributed by atoms with E-state index in [0.717, 1.165) is 0 Å². The average Bonchev–Trinajstić information content (AvgIpc) is 2.33. The van der Waals surface area contributed by atoms with Gasteiger partial charge in [0, 0.05) is 26.2 Å². The van der Waals surface area contributed by atoms with Gasteiger partial charge in [0.1, 0.15) is 0 Å². The van der Waals surface area contributed by atoms with Crippen molar-refractivity contribution in [2.45, 2.75) is 13.8 Å². The van der Waals surface area contributed by atoms with Crippen LogP contribution in [0.1, 0.15) is 13.8 Å². The summed E-state index contributed by atoms with van der Waals surface area (Å²) < 4.78 is 0. The van der Waals surface area contributed by atoms with Gasteiger partial charge in [0.25, 0.3) is 0 Å². The third-order valence-electron chi connectivity index (χ3n) is 2.60. The molecule has 1 aromatic heterocycles. The molecule has 5 nitrogen and oxygen atoms in total. The third kappa shape index (κ3) is 3.71. The molecule has 1 heterocycles. The van der Waals surface area contributed by atoms with Crippen molar-refractivity contribution in [2.24, 2.45) is 0 Å². The zero-order valence-electron chi connectivity index (χ0n) is 10.7. The summed E-state index contributed by atoms with van der Waals surface area (Å²) in [7, 11) is 1.76. The molecule has 1 amide bonds. The summed E-state index contributed by atoms with van der Waals surface area (Å²) in [5, 5.41) is 7.82. The van der Waals surface area contributed by atoms with Crippen molar-refractivity contribution in [1.82, 2.24) is 15.1 Å². The van der Waals surface area contributed by atoms with Gasteiger partial charge in [-0.1, -0.05) is 23.2 Å². The lowest BCUT2D eigenvalue weighted by Crippen LogP contribution is -2.39. The Balaban J connectivity index is 2.79. The normalized spacial score (nSPS) is 10.3. The first kappa shape index (κ1) is 15.0. The fourth-order valence-corrected chi connectivity index (χ4v) is 1.95. The first-order valence-corrected chi connectivity index (χ1v) is 6.42. The standard InChI is InChI=1S/C11H16Cl2N4O/c1-4-17(5-2)10(18)7-16(3)8-6-9(12)14-15-11(8)13/h6H,4-5,7H2,1-3H3. The lowest BCUT2D eigenvalue weighted by molar-refractivity contribution is -0.129. The molecule has 0 bridgehead atoms. The zero-order chi connectivity index (χ0) is 13.7. The van der Waals surface area contributed by atoms with Crippen LogP contribution in [0.15, 0.2) is 6.07 Å². The predicted molar refractivity (Wildman–Crippen MR) is 73.3 cm³/mol. The lowest BCUT2D eigenvalue weighted by atomic mass is 10.3. The maximum Gasteiger partial charge on any atom is 0.242 e. The van der Waals surface area contributed by atoms with Gasteiger partial charge in [0.2, 0.25) is 5.91 Å². The van der Waals surface area contributed by atoms with Gasteiger partial charge in [-0.3, -0.25) is 4.79 Å². The van der Waals surface area contributed by atoms with E-state index in [2.05, 4.69) is 10.2 Å². The van der Waals surface area contributed by atoms with Crippen LogP contribution < -0.4 is 4.90 Å². The highest BCUT2D eigenvalue weighted by Gasteiger charge is 2.15. The molecule has 0 aromatic carbocycles. The summed E-state index contributed by atoms with van der Waals surface area (Å²) >= 11 is 11.7. The van der Waals surface area contributed by atoms with Gasteiger partial charge in [-0.15, -0.1) is 10.2 Å². The topological polar surface area (TPSA) is 49.3 Å². The minimum atomic E-state index is 0.0338. The summed E-state index contributed by atoms with van der Waals surface area (Å²) in [6.07, 6.45) is 0. The van der Waals surface area contributed by atoms with Crippen LogP contribution in [0.25, 0.3) is 0 Å². The van der Waals surface area contributed by atoms with Crippen molar-refractivity contribution in [3.8, 4) is 0 Å². The Morgan fingerprint density at radius 2 is 1.89 bits per heavy atom. The summed E-state index contributed by atoms with van der Waals surface area (Å²) in [5.74, 6) is 0.0338. The van der Waals surface area contributed by atoms with Crippen molar-refractivity contribution < 1.29 is 4.79 Å². The molecule has 0 saturated carbocycles. The van der Waals surface area contributed by atoms with Gasteiger partial charge in [0.05, 0.1) is 12.2 Å². The van der Waals surface area contributed by atoms with Crippen molar-refractivity contribution in [3.05, 3.63) is 16.4 Å². The minimum absolute atomic E-state index is 0.0338. The van der Waals surface area contributed by atoms with E-state index in [1.165, 1.54) is 0 Å². The number of likely N-dealkylation sites (N-methyl/N-ethyl adjacent to an activating group) is 2. The van der Waals surface area contributed by atoms with Gasteiger partial charge >= 0.3 is 0 Å². The molecular weight excluding hydrogens is 275 g/mol. The SMILES string of the molecule is CCN(CC)C(=O)CN(C)c1cc(Cl)nnc1Cl. The zero-order valence-corrected chi connectivity index (χ0v) is 12.2. The molecule has 1 rings (SSSR count). The first-order chi connectivity index (χ1) is 8.49. The second kappa shape index (κ2) is 6.75. The largest absolute Gasteiger partial charge is 0.363 e. The number of rotatable bonds is 5. The number of carbonyl (C=O) groups is 1. The molecule has 0 spiro atoms. The van der Waals surface area contributed by atoms with Gasteiger partial charge in [-0.25, -0.2) is 0 Å². The van der Waals surface area contributed by atoms with E-state index in [1.807, 2.05) is 13.8 Å². The summed E-state index contributed by atoms with van der Waals surface area (Å²) in [6, 6.07) is 1.59. The molecule has 100 valence electrons. The van der Waals surface area contributed by atoms with Gasteiger partial charge < -0.3 is 9.80 Å². The number of amides is 1. The molecule has 0 fully saturated rings. The molecule has 0 atom stereocenters. The van der Waals surface area contributed by atoms with E-state index < -0.39 is 0 Å². The number of hydrogen-bond acceptors (Lipinski definition) is 4. The van der Waals surface area contributed by atoms with E-state index >= 15 is 0 Å². The quantitative estimate of drug-likeness (QED) is 0.833. The molecule has 0 aliphatic heterocycles. The Morgan fingerprint density at radius 1 is 1.28 bits per heavy atom. The van der Waals surface area contributed by atoms with Crippen LogP contribution in [0.4, 0.5) is 5.69 Å². The number of nitrogens with zero attached hydrogens (tertiary/aromatic N) is 4. The maximum atomic E-state index is 12.0. The fraction of sp³-hybridized carbons (Fsp3) is 0.545. The second-order valence-corrected chi connectivity index (χ2v) is 4.51. The van der Waals surface area contributed by atoms with Crippen LogP contribution in [0.2, 0.25) is 10.3 Å². The number of anilines is 1. The highest BCUT2D eigenvalue weighted by Crippen LogP contribution is 2.24. The van der Waals surface area contributed by atoms with E-state index in [9.17, 15) is 4.79 Å². The Hall–Kier alpha value is -1.07. The minimum Gasteiger partial charge on any atom is -0.363 e. The predicted octanol–water partition coefficient (Wildman–Crippen LogP) is 2.09. The Kier molecular flexibility index (Phi) is 5.62. The molecule has 18 heavy (non-hydrogen) atoms. The number of aromatic nitrogens is 2. The van der Waals surface area contributed by atoms with Gasteiger partial charge in [-0.2, -0.15) is 0 Å². The average molecular weight is 291 g/mol. The number of carbonyl (C=O) groups excluding carboxylic acids is 1. The van der Waals surface area contributed by atoms with E-state index in [4.69, 9.17) is 23.2 Å². The smallest absolute Gasteiger partial charge is 0.242 e. The molecule has 0 aliphatic carbocycles. The molecular formula is C11H16Cl2N4O. The second-order valence-electron chi connectivity index (χ2n) is 3.77. The Labute approximate surface area is 117 Å². The molecule has 0 saturated heterocycles. The number of hydrogen-bond donors (Lipinski definition) is 0. The molecule has 0 unspecified atom stereocenters. The van der Waals surface area contributed by atoms with Crippen molar-refractivity contribution >= 4 is 34.8 Å². The monoisotopic (exact) mass is 290 g/mol. The van der Waals surface area contributed by atoms with Crippen molar-refractivity contribution in [3.63, 3.8) is 0 Å². The van der Waals surface area contributed by atoms with Gasteiger partial charge in [0.15, 0.2) is 10.3 Å². The molecule has 0 aliphatic rings. The van der Waals surface area contributed by atoms with Crippen LogP contribution in [0, 0.1) is 0 Å². The summed E-state index contributed by atoms with van der Waals surface area (Å²) in [4.78, 5) is 15.4. The van der Waals surface area contributed by atoms with Crippen molar-refractivity contribution in [2.75, 3.05) is 31.6 Å². The Morgan fingerprint density at radius 3 is 2.44 bits per heavy atom. The molecule has 0 N–H and O–H groups in total. The molecule has 7 heteroatoms. The highest BCUT2D eigenvalue weighted by atomic mass is 35.5. The van der Waals surface area contributed by atoms with Crippen LogP contribution in [-0.2, 0) is 4.79 Å². The van der Waals surface area contributed by atoms with Crippen LogP contribution in [0.5, 0.6) is 0 Å². The van der Waals surface area contributed by atoms with E-state index in [-0.39, 0.29) is 22.8 Å². The fourth-order valence-electron chi connectivity index (χ4n) is 1.58. The van der Waals surface area contributed by atoms with Crippen LogP contribution >= 0.6 is 23.2 Å². The van der Waals surface area contributed by atoms with Gasteiger partial charge in [-0.05, 0) is 13.8 Å². The summed E-state index contributed by atoms with van der Waals surface area (Å²) in [6.45, 7) is 5.49. The van der Waals surface area contributed by atoms with Crippen molar-refractivity contribution in [1.29, 1.82) is 0 Å². The molecule has 1 aromatic rings. The summed E-state index contributed by atoms with van der Waals surface area (Å²) in [5.41, 5.74) is 0.595. The van der Waals surface area contributed by atoms with E-state index in [1.54, 1.807) is 22.9 Å². The highest BCUT2D eigenvalue weighted by molar-refractivity contribution is 6.33. The first-order valence-electron chi connectivity index (χ1n) is 5.67. The lowest BCUT2D eigenvalue weighted by Gasteiger charge is -2.24. The third-order valence-corrected chi connectivity index (χ3v) is 3.05.